The Morgan fingerprint density at radius 2 is 1.68 bits per heavy atom. The van der Waals surface area contributed by atoms with Gasteiger partial charge in [0.05, 0.1) is 18.6 Å². The maximum absolute atomic E-state index is 12.4. The Balaban J connectivity index is 1.52. The molecule has 2 aromatic carbocycles. The van der Waals surface area contributed by atoms with Crippen molar-refractivity contribution in [3.63, 3.8) is 0 Å². The number of halogens is 1. The summed E-state index contributed by atoms with van der Waals surface area (Å²) in [6.45, 7) is 9.79. The number of hydrogen-bond donors (Lipinski definition) is 1. The van der Waals surface area contributed by atoms with E-state index in [1.54, 1.807) is 36.2 Å². The molecule has 1 saturated heterocycles. The van der Waals surface area contributed by atoms with Gasteiger partial charge in [-0.3, -0.25) is 4.72 Å². The predicted molar refractivity (Wildman–Crippen MR) is 160 cm³/mol. The average Bonchev–Trinajstić information content (AvgIpc) is 2.92. The molecule has 1 N–H and O–H groups in total. The Hall–Kier alpha value is -3.50. The van der Waals surface area contributed by atoms with Crippen LogP contribution in [0.5, 0.6) is 5.75 Å². The van der Waals surface area contributed by atoms with Crippen LogP contribution >= 0.6 is 11.6 Å². The summed E-state index contributed by atoms with van der Waals surface area (Å²) in [7, 11) is -1.95. The minimum atomic E-state index is -3.47. The van der Waals surface area contributed by atoms with Crippen molar-refractivity contribution < 1.29 is 22.7 Å². The highest BCUT2D eigenvalue weighted by atomic mass is 35.5. The monoisotopic (exact) mass is 586 g/mol. The highest BCUT2D eigenvalue weighted by Gasteiger charge is 2.26. The molecule has 40 heavy (non-hydrogen) atoms. The molecule has 0 radical (unpaired) electrons. The first-order valence-electron chi connectivity index (χ1n) is 13.1. The van der Waals surface area contributed by atoms with Crippen molar-refractivity contribution in [1.82, 2.24) is 9.88 Å². The second kappa shape index (κ2) is 11.9. The number of nitrogens with one attached hydrogen (secondary N) is 1. The van der Waals surface area contributed by atoms with E-state index in [2.05, 4.69) is 26.7 Å². The maximum Gasteiger partial charge on any atom is 0.410 e. The van der Waals surface area contributed by atoms with E-state index in [9.17, 15) is 13.2 Å². The molecule has 0 spiro atoms. The maximum atomic E-state index is 12.4. The zero-order valence-corrected chi connectivity index (χ0v) is 25.0. The van der Waals surface area contributed by atoms with Crippen LogP contribution in [-0.4, -0.2) is 69.0 Å². The van der Waals surface area contributed by atoms with Crippen LogP contribution in [0, 0.1) is 0 Å². The summed E-state index contributed by atoms with van der Waals surface area (Å²) >= 11 is 6.49. The summed E-state index contributed by atoms with van der Waals surface area (Å²) in [6.07, 6.45) is 1.43. The molecule has 0 bridgehead atoms. The largest absolute Gasteiger partial charge is 0.497 e. The number of nitrogens with zero attached hydrogens (tertiary/aromatic N) is 3. The fourth-order valence-corrected chi connectivity index (χ4v) is 5.16. The van der Waals surface area contributed by atoms with Gasteiger partial charge >= 0.3 is 6.09 Å². The van der Waals surface area contributed by atoms with Gasteiger partial charge in [0.15, 0.2) is 0 Å². The van der Waals surface area contributed by atoms with E-state index < -0.39 is 15.6 Å². The number of ether oxygens (including phenoxy) is 2. The first kappa shape index (κ1) is 29.5. The Bertz CT molecular complexity index is 1460. The molecule has 3 aromatic rings. The van der Waals surface area contributed by atoms with Gasteiger partial charge in [-0.2, -0.15) is 0 Å². The van der Waals surface area contributed by atoms with Crippen LogP contribution < -0.4 is 14.4 Å². The molecule has 1 aliphatic rings. The van der Waals surface area contributed by atoms with Crippen molar-refractivity contribution in [3.05, 3.63) is 59.9 Å². The van der Waals surface area contributed by atoms with Gasteiger partial charge in [0.25, 0.3) is 0 Å². The molecule has 4 rings (SSSR count). The Kier molecular flexibility index (Phi) is 8.80. The number of carbonyl (C=O) groups excluding carboxylic acids is 1. The standard InChI is InChI=1S/C29H35ClN4O5S/c1-6-40(36,37)32-23-15-21(16-25(18-23)38-5)26-17-22(19-31-27(26)30)20-7-9-24(10-8-20)33-11-13-34(14-12-33)28(35)39-29(2,3)4/h7-10,15-19,32H,6,11-14H2,1-5H3. The lowest BCUT2D eigenvalue weighted by atomic mass is 10.0. The van der Waals surface area contributed by atoms with Crippen molar-refractivity contribution in [2.45, 2.75) is 33.3 Å². The third-order valence-corrected chi connectivity index (χ3v) is 8.05. The predicted octanol–water partition coefficient (Wildman–Crippen LogP) is 5.90. The Morgan fingerprint density at radius 3 is 2.27 bits per heavy atom. The minimum Gasteiger partial charge on any atom is -0.497 e. The van der Waals surface area contributed by atoms with Crippen molar-refractivity contribution in [1.29, 1.82) is 0 Å². The number of hydrogen-bond acceptors (Lipinski definition) is 7. The van der Waals surface area contributed by atoms with E-state index in [1.807, 2.05) is 39.0 Å². The van der Waals surface area contributed by atoms with Crippen molar-refractivity contribution in [2.75, 3.05) is 48.7 Å². The molecule has 1 aromatic heterocycles. The Morgan fingerprint density at radius 1 is 1.00 bits per heavy atom. The summed E-state index contributed by atoms with van der Waals surface area (Å²) in [5, 5.41) is 0.292. The molecule has 1 fully saturated rings. The van der Waals surface area contributed by atoms with E-state index in [-0.39, 0.29) is 11.8 Å². The van der Waals surface area contributed by atoms with Crippen molar-refractivity contribution in [2.24, 2.45) is 0 Å². The third kappa shape index (κ3) is 7.37. The summed E-state index contributed by atoms with van der Waals surface area (Å²) in [5.74, 6) is 0.441. The van der Waals surface area contributed by atoms with Gasteiger partial charge in [-0.15, -0.1) is 0 Å². The van der Waals surface area contributed by atoms with Gasteiger partial charge in [-0.25, -0.2) is 18.2 Å². The highest BCUT2D eigenvalue weighted by Crippen LogP contribution is 2.35. The molecule has 0 aliphatic carbocycles. The lowest BCUT2D eigenvalue weighted by Gasteiger charge is -2.36. The van der Waals surface area contributed by atoms with Crippen LogP contribution in [0.4, 0.5) is 16.2 Å². The number of aromatic nitrogens is 1. The number of carbonyl (C=O) groups is 1. The summed E-state index contributed by atoms with van der Waals surface area (Å²) < 4.78 is 37.8. The van der Waals surface area contributed by atoms with Crippen LogP contribution in [0.15, 0.2) is 54.7 Å². The second-order valence-electron chi connectivity index (χ2n) is 10.5. The van der Waals surface area contributed by atoms with Gasteiger partial charge in [-0.1, -0.05) is 23.7 Å². The summed E-state index contributed by atoms with van der Waals surface area (Å²) in [5.41, 5.74) is 4.08. The van der Waals surface area contributed by atoms with Crippen LogP contribution in [0.25, 0.3) is 22.3 Å². The highest BCUT2D eigenvalue weighted by molar-refractivity contribution is 7.92. The first-order valence-corrected chi connectivity index (χ1v) is 15.1. The zero-order chi connectivity index (χ0) is 29.1. The number of methoxy groups -OCH3 is 1. The summed E-state index contributed by atoms with van der Waals surface area (Å²) in [4.78, 5) is 20.8. The van der Waals surface area contributed by atoms with Gasteiger partial charge in [0.1, 0.15) is 16.5 Å². The average molecular weight is 587 g/mol. The lowest BCUT2D eigenvalue weighted by Crippen LogP contribution is -2.50. The molecule has 2 heterocycles. The van der Waals surface area contributed by atoms with E-state index >= 15 is 0 Å². The fourth-order valence-electron chi connectivity index (χ4n) is 4.33. The topological polar surface area (TPSA) is 101 Å². The van der Waals surface area contributed by atoms with Crippen LogP contribution in [0.1, 0.15) is 27.7 Å². The number of anilines is 2. The van der Waals surface area contributed by atoms with Crippen LogP contribution in [0.2, 0.25) is 5.15 Å². The molecule has 0 unspecified atom stereocenters. The molecule has 0 saturated carbocycles. The minimum absolute atomic E-state index is 0.0488. The Labute approximate surface area is 241 Å². The number of amides is 1. The van der Waals surface area contributed by atoms with Gasteiger partial charge in [0.2, 0.25) is 10.0 Å². The van der Waals surface area contributed by atoms with Crippen molar-refractivity contribution >= 4 is 39.1 Å². The van der Waals surface area contributed by atoms with E-state index in [0.29, 0.717) is 53.9 Å². The fraction of sp³-hybridized carbons (Fsp3) is 0.379. The van der Waals surface area contributed by atoms with E-state index in [4.69, 9.17) is 21.1 Å². The number of rotatable bonds is 7. The van der Waals surface area contributed by atoms with Gasteiger partial charge < -0.3 is 19.3 Å². The van der Waals surface area contributed by atoms with E-state index in [1.165, 1.54) is 7.11 Å². The smallest absolute Gasteiger partial charge is 0.410 e. The lowest BCUT2D eigenvalue weighted by molar-refractivity contribution is 0.0240. The van der Waals surface area contributed by atoms with E-state index in [0.717, 1.165) is 16.8 Å². The number of piperazine rings is 1. The van der Waals surface area contributed by atoms with Crippen molar-refractivity contribution in [3.8, 4) is 28.0 Å². The normalized spacial score (nSPS) is 14.2. The SMILES string of the molecule is CCS(=O)(=O)Nc1cc(OC)cc(-c2cc(-c3ccc(N4CCN(C(=O)OC(C)(C)C)CC4)cc3)cnc2Cl)c1. The quantitative estimate of drug-likeness (QED) is 0.344. The molecular weight excluding hydrogens is 552 g/mol. The molecule has 1 amide bonds. The molecule has 0 atom stereocenters. The molecule has 1 aliphatic heterocycles. The van der Waals surface area contributed by atoms with Crippen LogP contribution in [-0.2, 0) is 14.8 Å². The molecule has 11 heteroatoms. The zero-order valence-electron chi connectivity index (χ0n) is 23.4. The van der Waals surface area contributed by atoms with Gasteiger partial charge in [-0.05, 0) is 69.2 Å². The molecule has 9 nitrogen and oxygen atoms in total. The van der Waals surface area contributed by atoms with Gasteiger partial charge in [0, 0.05) is 55.3 Å². The third-order valence-electron chi connectivity index (χ3n) is 6.44. The first-order chi connectivity index (χ1) is 18.9. The molecular formula is C29H35ClN4O5S. The summed E-state index contributed by atoms with van der Waals surface area (Å²) in [6, 6.07) is 15.2. The number of benzene rings is 2. The number of pyridine rings is 1. The number of sulfonamides is 1. The van der Waals surface area contributed by atoms with Crippen LogP contribution in [0.3, 0.4) is 0 Å². The second-order valence-corrected chi connectivity index (χ2v) is 12.9. The molecule has 214 valence electrons.